The van der Waals surface area contributed by atoms with Gasteiger partial charge in [0.25, 0.3) is 11.8 Å². The predicted octanol–water partition coefficient (Wildman–Crippen LogP) is 8.19. The summed E-state index contributed by atoms with van der Waals surface area (Å²) in [5.74, 6) is -1.02. The maximum atomic E-state index is 13.6. The average molecular weight is 612 g/mol. The average Bonchev–Trinajstić information content (AvgIpc) is 3.04. The van der Waals surface area contributed by atoms with E-state index in [4.69, 9.17) is 0 Å². The Morgan fingerprint density at radius 3 is 1.96 bits per heavy atom. The highest BCUT2D eigenvalue weighted by atomic mass is 32.2. The first-order valence-electron chi connectivity index (χ1n) is 14.5. The van der Waals surface area contributed by atoms with Crippen molar-refractivity contribution < 1.29 is 14.4 Å². The van der Waals surface area contributed by atoms with Crippen molar-refractivity contribution in [2.75, 3.05) is 10.6 Å². The Kier molecular flexibility index (Phi) is 10.2. The fourth-order valence-electron chi connectivity index (χ4n) is 4.68. The molecule has 0 aliphatic rings. The van der Waals surface area contributed by atoms with Gasteiger partial charge < -0.3 is 16.0 Å². The van der Waals surface area contributed by atoms with Crippen molar-refractivity contribution in [2.45, 2.75) is 24.0 Å². The summed E-state index contributed by atoms with van der Waals surface area (Å²) >= 11 is 1.39. The first-order chi connectivity index (χ1) is 21.8. The van der Waals surface area contributed by atoms with E-state index in [1.165, 1.54) is 11.8 Å². The SMILES string of the molecule is Cc1cccc(/C=C(/NC(=O)c2ccccc2)C(=O)Nc2cccc(SC(C(=O)Nc3cccc(C)c3)c3ccccc3)c2)c1. The highest BCUT2D eigenvalue weighted by Gasteiger charge is 2.23. The molecule has 224 valence electrons. The zero-order valence-electron chi connectivity index (χ0n) is 25.0. The summed E-state index contributed by atoms with van der Waals surface area (Å²) < 4.78 is 0. The number of anilines is 2. The number of carbonyl (C=O) groups excluding carboxylic acids is 3. The molecule has 5 rings (SSSR count). The Hall–Kier alpha value is -5.40. The molecular formula is C38H33N3O3S. The van der Waals surface area contributed by atoms with Crippen molar-refractivity contribution in [1.29, 1.82) is 0 Å². The highest BCUT2D eigenvalue weighted by molar-refractivity contribution is 8.00. The van der Waals surface area contributed by atoms with E-state index >= 15 is 0 Å². The Balaban J connectivity index is 1.37. The monoisotopic (exact) mass is 611 g/mol. The molecule has 0 aliphatic carbocycles. The zero-order valence-corrected chi connectivity index (χ0v) is 25.8. The van der Waals surface area contributed by atoms with Crippen LogP contribution in [-0.4, -0.2) is 17.7 Å². The highest BCUT2D eigenvalue weighted by Crippen LogP contribution is 2.37. The minimum atomic E-state index is -0.542. The van der Waals surface area contributed by atoms with Gasteiger partial charge in [0.1, 0.15) is 10.9 Å². The third-order valence-electron chi connectivity index (χ3n) is 6.85. The molecule has 0 heterocycles. The number of benzene rings is 5. The zero-order chi connectivity index (χ0) is 31.6. The molecule has 7 heteroatoms. The topological polar surface area (TPSA) is 87.3 Å². The summed E-state index contributed by atoms with van der Waals surface area (Å²) in [4.78, 5) is 41.0. The molecule has 1 atom stereocenters. The van der Waals surface area contributed by atoms with Crippen LogP contribution in [0.3, 0.4) is 0 Å². The van der Waals surface area contributed by atoms with Gasteiger partial charge in [-0.1, -0.05) is 96.6 Å². The first-order valence-corrected chi connectivity index (χ1v) is 15.4. The van der Waals surface area contributed by atoms with E-state index in [0.717, 1.165) is 32.8 Å². The maximum absolute atomic E-state index is 13.6. The van der Waals surface area contributed by atoms with Crippen LogP contribution in [-0.2, 0) is 9.59 Å². The predicted molar refractivity (Wildman–Crippen MR) is 183 cm³/mol. The number of carbonyl (C=O) groups is 3. The van der Waals surface area contributed by atoms with Crippen LogP contribution in [0.25, 0.3) is 6.08 Å². The van der Waals surface area contributed by atoms with Gasteiger partial charge in [-0.25, -0.2) is 0 Å². The van der Waals surface area contributed by atoms with Crippen molar-refractivity contribution in [3.05, 3.63) is 167 Å². The Bertz CT molecular complexity index is 1840. The molecule has 0 bridgehead atoms. The molecule has 5 aromatic carbocycles. The maximum Gasteiger partial charge on any atom is 0.272 e. The molecular weight excluding hydrogens is 579 g/mol. The molecule has 6 nitrogen and oxygen atoms in total. The van der Waals surface area contributed by atoms with Gasteiger partial charge in [0.15, 0.2) is 0 Å². The number of aryl methyl sites for hydroxylation is 2. The van der Waals surface area contributed by atoms with Crippen molar-refractivity contribution in [1.82, 2.24) is 5.32 Å². The standard InChI is InChI=1S/C38H33N3O3S/c1-26-12-9-14-28(22-26)24-34(41-36(42)30-17-7-4-8-18-30)37(43)39-32-20-11-21-33(25-32)45-35(29-15-5-3-6-16-29)38(44)40-31-19-10-13-27(2)23-31/h3-25,35H,1-2H3,(H,39,43)(H,40,44)(H,41,42)/b34-24+. The number of thioether (sulfide) groups is 1. The van der Waals surface area contributed by atoms with Gasteiger partial charge in [0.05, 0.1) is 0 Å². The summed E-state index contributed by atoms with van der Waals surface area (Å²) in [5.41, 5.74) is 5.52. The molecule has 0 spiro atoms. The van der Waals surface area contributed by atoms with Gasteiger partial charge in [0.2, 0.25) is 5.91 Å². The molecule has 1 unspecified atom stereocenters. The molecule has 45 heavy (non-hydrogen) atoms. The summed E-state index contributed by atoms with van der Waals surface area (Å²) in [7, 11) is 0. The van der Waals surface area contributed by atoms with Crippen LogP contribution in [0, 0.1) is 13.8 Å². The Morgan fingerprint density at radius 2 is 1.27 bits per heavy atom. The van der Waals surface area contributed by atoms with E-state index < -0.39 is 11.2 Å². The second-order valence-corrected chi connectivity index (χ2v) is 11.7. The molecule has 0 saturated carbocycles. The van der Waals surface area contributed by atoms with E-state index in [1.54, 1.807) is 36.4 Å². The smallest absolute Gasteiger partial charge is 0.272 e. The van der Waals surface area contributed by atoms with E-state index in [9.17, 15) is 14.4 Å². The normalized spacial score (nSPS) is 11.7. The van der Waals surface area contributed by atoms with Crippen LogP contribution in [0.15, 0.2) is 144 Å². The molecule has 3 amide bonds. The molecule has 0 aliphatic heterocycles. The van der Waals surface area contributed by atoms with Crippen LogP contribution in [0.2, 0.25) is 0 Å². The lowest BCUT2D eigenvalue weighted by molar-refractivity contribution is -0.116. The number of hydrogen-bond acceptors (Lipinski definition) is 4. The lowest BCUT2D eigenvalue weighted by atomic mass is 10.1. The Labute approximate surface area is 267 Å². The van der Waals surface area contributed by atoms with E-state index in [-0.39, 0.29) is 17.5 Å². The van der Waals surface area contributed by atoms with Gasteiger partial charge in [-0.15, -0.1) is 11.8 Å². The molecule has 0 aromatic heterocycles. The van der Waals surface area contributed by atoms with E-state index in [1.807, 2.05) is 117 Å². The van der Waals surface area contributed by atoms with Crippen molar-refractivity contribution in [3.8, 4) is 0 Å². The number of amides is 3. The van der Waals surface area contributed by atoms with Crippen molar-refractivity contribution in [3.63, 3.8) is 0 Å². The van der Waals surface area contributed by atoms with Crippen LogP contribution < -0.4 is 16.0 Å². The summed E-state index contributed by atoms with van der Waals surface area (Å²) in [6.45, 7) is 3.94. The second kappa shape index (κ2) is 14.9. The quantitative estimate of drug-likeness (QED) is 0.110. The lowest BCUT2D eigenvalue weighted by Crippen LogP contribution is -2.30. The first kappa shape index (κ1) is 31.0. The van der Waals surface area contributed by atoms with Crippen LogP contribution >= 0.6 is 11.8 Å². The molecule has 3 N–H and O–H groups in total. The molecule has 0 fully saturated rings. The van der Waals surface area contributed by atoms with E-state index in [2.05, 4.69) is 16.0 Å². The Morgan fingerprint density at radius 1 is 0.644 bits per heavy atom. The van der Waals surface area contributed by atoms with Crippen LogP contribution in [0.5, 0.6) is 0 Å². The summed E-state index contributed by atoms with van der Waals surface area (Å²) in [6, 6.07) is 41.0. The fraction of sp³-hybridized carbons (Fsp3) is 0.0789. The van der Waals surface area contributed by atoms with Crippen molar-refractivity contribution in [2.24, 2.45) is 0 Å². The minimum absolute atomic E-state index is 0.104. The largest absolute Gasteiger partial charge is 0.325 e. The number of hydrogen-bond donors (Lipinski definition) is 3. The summed E-state index contributed by atoms with van der Waals surface area (Å²) in [6.07, 6.45) is 1.66. The third kappa shape index (κ3) is 8.81. The van der Waals surface area contributed by atoms with Crippen LogP contribution in [0.1, 0.15) is 37.9 Å². The third-order valence-corrected chi connectivity index (χ3v) is 8.10. The van der Waals surface area contributed by atoms with E-state index in [0.29, 0.717) is 11.3 Å². The fourth-order valence-corrected chi connectivity index (χ4v) is 5.77. The van der Waals surface area contributed by atoms with Crippen molar-refractivity contribution >= 4 is 46.9 Å². The number of rotatable bonds is 10. The summed E-state index contributed by atoms with van der Waals surface area (Å²) in [5, 5.41) is 8.21. The van der Waals surface area contributed by atoms with Gasteiger partial charge in [-0.2, -0.15) is 0 Å². The van der Waals surface area contributed by atoms with Gasteiger partial charge >= 0.3 is 0 Å². The van der Waals surface area contributed by atoms with Gasteiger partial charge in [0, 0.05) is 21.8 Å². The van der Waals surface area contributed by atoms with Crippen LogP contribution in [0.4, 0.5) is 11.4 Å². The molecule has 0 radical (unpaired) electrons. The number of nitrogens with one attached hydrogen (secondary N) is 3. The van der Waals surface area contributed by atoms with Gasteiger partial charge in [-0.05, 0) is 79.1 Å². The lowest BCUT2D eigenvalue weighted by Gasteiger charge is -2.18. The minimum Gasteiger partial charge on any atom is -0.325 e. The molecule has 0 saturated heterocycles. The molecule has 5 aromatic rings. The second-order valence-electron chi connectivity index (χ2n) is 10.5. The van der Waals surface area contributed by atoms with Gasteiger partial charge in [-0.3, -0.25) is 14.4 Å².